The van der Waals surface area contributed by atoms with E-state index < -0.39 is 0 Å². The first-order chi connectivity index (χ1) is 7.86. The van der Waals surface area contributed by atoms with Gasteiger partial charge in [0.15, 0.2) is 0 Å². The molecule has 0 radical (unpaired) electrons. The van der Waals surface area contributed by atoms with Crippen LogP contribution in [-0.2, 0) is 4.79 Å². The van der Waals surface area contributed by atoms with Gasteiger partial charge in [-0.15, -0.1) is 24.8 Å². The monoisotopic (exact) mass is 297 g/mol. The van der Waals surface area contributed by atoms with E-state index in [-0.39, 0.29) is 36.8 Å². The maximum absolute atomic E-state index is 11.7. The lowest BCUT2D eigenvalue weighted by molar-refractivity contribution is -0.122. The Bertz CT molecular complexity index is 229. The number of carbonyl (C=O) groups is 1. The zero-order valence-electron chi connectivity index (χ0n) is 10.8. The first-order valence-corrected chi connectivity index (χ1v) is 6.60. The maximum atomic E-state index is 11.7. The molecule has 2 saturated heterocycles. The molecule has 2 rings (SSSR count). The van der Waals surface area contributed by atoms with E-state index in [9.17, 15) is 4.79 Å². The van der Waals surface area contributed by atoms with Gasteiger partial charge in [0.1, 0.15) is 0 Å². The van der Waals surface area contributed by atoms with Crippen LogP contribution in [0.2, 0.25) is 0 Å². The second-order valence-electron chi connectivity index (χ2n) is 4.84. The Balaban J connectivity index is 0.00000144. The molecule has 1 amide bonds. The number of likely N-dealkylation sites (tertiary alicyclic amines) is 1. The molecule has 18 heavy (non-hydrogen) atoms. The fourth-order valence-corrected chi connectivity index (χ4v) is 2.55. The number of rotatable bonds is 4. The summed E-state index contributed by atoms with van der Waals surface area (Å²) in [5.41, 5.74) is 0. The van der Waals surface area contributed by atoms with Crippen LogP contribution in [0.25, 0.3) is 0 Å². The van der Waals surface area contributed by atoms with Gasteiger partial charge in [0.05, 0.1) is 6.04 Å². The molecular weight excluding hydrogens is 273 g/mol. The highest BCUT2D eigenvalue weighted by Gasteiger charge is 2.21. The molecule has 2 heterocycles. The molecule has 0 spiro atoms. The first kappa shape index (κ1) is 18.0. The Labute approximate surface area is 122 Å². The third-order valence-electron chi connectivity index (χ3n) is 3.55. The molecule has 0 aromatic rings. The van der Waals surface area contributed by atoms with Crippen LogP contribution in [0.3, 0.4) is 0 Å². The summed E-state index contributed by atoms with van der Waals surface area (Å²) >= 11 is 0. The van der Waals surface area contributed by atoms with Crippen molar-refractivity contribution in [2.24, 2.45) is 0 Å². The predicted octanol–water partition coefficient (Wildman–Crippen LogP) is 1.18. The molecule has 0 aromatic heterocycles. The van der Waals surface area contributed by atoms with Crippen molar-refractivity contribution < 1.29 is 4.79 Å². The van der Waals surface area contributed by atoms with Crippen molar-refractivity contribution in [1.29, 1.82) is 0 Å². The third kappa shape index (κ3) is 5.74. The van der Waals surface area contributed by atoms with Crippen LogP contribution in [-0.4, -0.2) is 49.6 Å². The van der Waals surface area contributed by atoms with Crippen LogP contribution in [0.1, 0.15) is 32.1 Å². The van der Waals surface area contributed by atoms with Crippen molar-refractivity contribution in [3.05, 3.63) is 0 Å². The number of hydrogen-bond donors (Lipinski definition) is 2. The van der Waals surface area contributed by atoms with Gasteiger partial charge in [-0.2, -0.15) is 0 Å². The van der Waals surface area contributed by atoms with Gasteiger partial charge < -0.3 is 15.5 Å². The molecule has 2 aliphatic heterocycles. The van der Waals surface area contributed by atoms with Gasteiger partial charge in [0.2, 0.25) is 5.91 Å². The quantitative estimate of drug-likeness (QED) is 0.819. The second kappa shape index (κ2) is 9.84. The van der Waals surface area contributed by atoms with Crippen LogP contribution < -0.4 is 10.6 Å². The van der Waals surface area contributed by atoms with E-state index in [1.165, 1.54) is 32.4 Å². The summed E-state index contributed by atoms with van der Waals surface area (Å²) in [5.74, 6) is 0.189. The second-order valence-corrected chi connectivity index (χ2v) is 4.84. The SMILES string of the molecule is Cl.Cl.O=C(NCCN1CCCCC1)[C@@H]1CCCN1. The number of carbonyl (C=O) groups excluding carboxylic acids is 1. The molecule has 0 aromatic carbocycles. The van der Waals surface area contributed by atoms with Crippen LogP contribution in [0, 0.1) is 0 Å². The number of halogens is 2. The maximum Gasteiger partial charge on any atom is 0.237 e. The summed E-state index contributed by atoms with van der Waals surface area (Å²) in [4.78, 5) is 14.1. The van der Waals surface area contributed by atoms with Gasteiger partial charge in [-0.1, -0.05) is 6.42 Å². The van der Waals surface area contributed by atoms with Crippen molar-refractivity contribution in [2.45, 2.75) is 38.1 Å². The van der Waals surface area contributed by atoms with E-state index in [2.05, 4.69) is 15.5 Å². The number of nitrogens with zero attached hydrogens (tertiary/aromatic N) is 1. The number of nitrogens with one attached hydrogen (secondary N) is 2. The van der Waals surface area contributed by atoms with Crippen LogP contribution in [0.5, 0.6) is 0 Å². The smallest absolute Gasteiger partial charge is 0.237 e. The fourth-order valence-electron chi connectivity index (χ4n) is 2.55. The highest BCUT2D eigenvalue weighted by atomic mass is 35.5. The normalized spacial score (nSPS) is 23.9. The van der Waals surface area contributed by atoms with Crippen molar-refractivity contribution in [3.8, 4) is 0 Å². The van der Waals surface area contributed by atoms with Crippen LogP contribution in [0.15, 0.2) is 0 Å². The lowest BCUT2D eigenvalue weighted by atomic mass is 10.1. The average molecular weight is 298 g/mol. The Morgan fingerprint density at radius 1 is 1.17 bits per heavy atom. The van der Waals surface area contributed by atoms with E-state index in [4.69, 9.17) is 0 Å². The highest BCUT2D eigenvalue weighted by molar-refractivity contribution is 5.85. The minimum absolute atomic E-state index is 0. The average Bonchev–Trinajstić information content (AvgIpc) is 2.84. The molecule has 0 unspecified atom stereocenters. The predicted molar refractivity (Wildman–Crippen MR) is 78.8 cm³/mol. The van der Waals surface area contributed by atoms with Crippen molar-refractivity contribution in [1.82, 2.24) is 15.5 Å². The van der Waals surface area contributed by atoms with Gasteiger partial charge in [0, 0.05) is 13.1 Å². The van der Waals surface area contributed by atoms with Gasteiger partial charge in [-0.05, 0) is 45.3 Å². The van der Waals surface area contributed by atoms with Crippen LogP contribution in [0.4, 0.5) is 0 Å². The van der Waals surface area contributed by atoms with Crippen LogP contribution >= 0.6 is 24.8 Å². The minimum atomic E-state index is 0. The zero-order chi connectivity index (χ0) is 11.2. The number of amides is 1. The van der Waals surface area contributed by atoms with E-state index >= 15 is 0 Å². The third-order valence-corrected chi connectivity index (χ3v) is 3.55. The molecule has 6 heteroatoms. The van der Waals surface area contributed by atoms with E-state index in [1.807, 2.05) is 0 Å². The molecule has 2 N–H and O–H groups in total. The summed E-state index contributed by atoms with van der Waals surface area (Å²) in [7, 11) is 0. The molecule has 0 saturated carbocycles. The summed E-state index contributed by atoms with van der Waals surface area (Å²) in [6.07, 6.45) is 6.13. The zero-order valence-corrected chi connectivity index (χ0v) is 12.5. The van der Waals surface area contributed by atoms with E-state index in [0.29, 0.717) is 0 Å². The van der Waals surface area contributed by atoms with Gasteiger partial charge >= 0.3 is 0 Å². The fraction of sp³-hybridized carbons (Fsp3) is 0.917. The molecule has 2 aliphatic rings. The molecule has 0 bridgehead atoms. The lowest BCUT2D eigenvalue weighted by Crippen LogP contribution is -2.44. The van der Waals surface area contributed by atoms with Gasteiger partial charge in [-0.3, -0.25) is 4.79 Å². The summed E-state index contributed by atoms with van der Waals surface area (Å²) < 4.78 is 0. The van der Waals surface area contributed by atoms with E-state index in [1.54, 1.807) is 0 Å². The summed E-state index contributed by atoms with van der Waals surface area (Å²) in [6.45, 7) is 5.22. The highest BCUT2D eigenvalue weighted by Crippen LogP contribution is 2.07. The Morgan fingerprint density at radius 3 is 2.50 bits per heavy atom. The molecule has 0 aliphatic carbocycles. The minimum Gasteiger partial charge on any atom is -0.353 e. The standard InChI is InChI=1S/C12H23N3O.2ClH/c16-12(11-5-4-6-13-11)14-7-10-15-8-2-1-3-9-15;;/h11,13H,1-10H2,(H,14,16);2*1H/t11-;;/m0../s1. The largest absolute Gasteiger partial charge is 0.353 e. The number of hydrogen-bond acceptors (Lipinski definition) is 3. The molecular formula is C12H25Cl2N3O. The van der Waals surface area contributed by atoms with Gasteiger partial charge in [-0.25, -0.2) is 0 Å². The summed E-state index contributed by atoms with van der Waals surface area (Å²) in [5, 5.41) is 6.25. The number of piperidine rings is 1. The van der Waals surface area contributed by atoms with E-state index in [0.717, 1.165) is 32.5 Å². The Kier molecular flexibility index (Phi) is 9.83. The van der Waals surface area contributed by atoms with Crippen molar-refractivity contribution in [2.75, 3.05) is 32.7 Å². The van der Waals surface area contributed by atoms with Crippen molar-refractivity contribution >= 4 is 30.7 Å². The first-order valence-electron chi connectivity index (χ1n) is 6.60. The topological polar surface area (TPSA) is 44.4 Å². The van der Waals surface area contributed by atoms with Crippen molar-refractivity contribution in [3.63, 3.8) is 0 Å². The molecule has 2 fully saturated rings. The summed E-state index contributed by atoms with van der Waals surface area (Å²) in [6, 6.07) is 0.0707. The van der Waals surface area contributed by atoms with Gasteiger partial charge in [0.25, 0.3) is 0 Å². The molecule has 1 atom stereocenters. The Morgan fingerprint density at radius 2 is 1.89 bits per heavy atom. The molecule has 108 valence electrons. The molecule has 4 nitrogen and oxygen atoms in total. The lowest BCUT2D eigenvalue weighted by Gasteiger charge is -2.26. The Hall–Kier alpha value is -0.0300.